The van der Waals surface area contributed by atoms with Crippen molar-refractivity contribution in [2.75, 3.05) is 13.2 Å². The van der Waals surface area contributed by atoms with Gasteiger partial charge in [0.15, 0.2) is 0 Å². The van der Waals surface area contributed by atoms with E-state index < -0.39 is 12.3 Å². The summed E-state index contributed by atoms with van der Waals surface area (Å²) in [4.78, 5) is 11.3. The lowest BCUT2D eigenvalue weighted by Gasteiger charge is -2.20. The molecule has 0 spiro atoms. The monoisotopic (exact) mass is 272 g/mol. The molecule has 0 heterocycles. The molecule has 0 aromatic rings. The van der Waals surface area contributed by atoms with E-state index in [0.29, 0.717) is 5.57 Å². The molecule has 0 fully saturated rings. The van der Waals surface area contributed by atoms with E-state index in [9.17, 15) is 4.79 Å². The van der Waals surface area contributed by atoms with E-state index in [1.807, 2.05) is 13.8 Å². The zero-order chi connectivity index (χ0) is 14.8. The average Bonchev–Trinajstić information content (AvgIpc) is 2.28. The van der Waals surface area contributed by atoms with Gasteiger partial charge >= 0.3 is 5.97 Å². The molecule has 0 N–H and O–H groups in total. The van der Waals surface area contributed by atoms with Gasteiger partial charge in [-0.15, -0.1) is 0 Å². The van der Waals surface area contributed by atoms with Gasteiger partial charge in [0.25, 0.3) is 0 Å². The van der Waals surface area contributed by atoms with E-state index in [1.165, 1.54) is 6.26 Å². The van der Waals surface area contributed by atoms with Gasteiger partial charge < -0.3 is 18.9 Å². The molecule has 110 valence electrons. The molecule has 0 aromatic heterocycles. The van der Waals surface area contributed by atoms with Crippen molar-refractivity contribution in [1.29, 1.82) is 0 Å². The summed E-state index contributed by atoms with van der Waals surface area (Å²) in [6.45, 7) is 14.6. The third kappa shape index (κ3) is 9.27. The van der Waals surface area contributed by atoms with Crippen molar-refractivity contribution in [1.82, 2.24) is 0 Å². The van der Waals surface area contributed by atoms with Crippen LogP contribution in [0.4, 0.5) is 0 Å². The van der Waals surface area contributed by atoms with Crippen LogP contribution in [0.5, 0.6) is 0 Å². The predicted molar refractivity (Wildman–Crippen MR) is 72.5 cm³/mol. The molecule has 0 aliphatic carbocycles. The van der Waals surface area contributed by atoms with Crippen LogP contribution in [0, 0.1) is 0 Å². The Morgan fingerprint density at radius 1 is 1.26 bits per heavy atom. The molecule has 0 radical (unpaired) electrons. The highest BCUT2D eigenvalue weighted by Gasteiger charge is 2.14. The van der Waals surface area contributed by atoms with Crippen molar-refractivity contribution in [2.24, 2.45) is 0 Å². The van der Waals surface area contributed by atoms with Gasteiger partial charge in [-0.1, -0.05) is 13.2 Å². The first-order valence-corrected chi connectivity index (χ1v) is 6.22. The first-order valence-electron chi connectivity index (χ1n) is 6.22. The normalized spacial score (nSPS) is 13.7. The minimum absolute atomic E-state index is 0.0206. The number of carbonyl (C=O) groups is 1. The molecule has 0 amide bonds. The van der Waals surface area contributed by atoms with Crippen LogP contribution in [0.25, 0.3) is 0 Å². The molecule has 0 aromatic carbocycles. The van der Waals surface area contributed by atoms with Crippen LogP contribution in [-0.4, -0.2) is 37.7 Å². The summed E-state index contributed by atoms with van der Waals surface area (Å²) in [5.74, 6) is -0.423. The number of esters is 1. The minimum Gasteiger partial charge on any atom is -0.471 e. The van der Waals surface area contributed by atoms with Gasteiger partial charge in [0.1, 0.15) is 12.7 Å². The first-order chi connectivity index (χ1) is 8.86. The molecule has 19 heavy (non-hydrogen) atoms. The Kier molecular flexibility index (Phi) is 8.91. The zero-order valence-electron chi connectivity index (χ0n) is 12.2. The quantitative estimate of drug-likeness (QED) is 0.264. The summed E-state index contributed by atoms with van der Waals surface area (Å²) < 4.78 is 21.1. The molecule has 5 nitrogen and oxygen atoms in total. The maximum absolute atomic E-state index is 11.3. The van der Waals surface area contributed by atoms with Gasteiger partial charge in [-0.05, 0) is 27.7 Å². The van der Waals surface area contributed by atoms with E-state index in [1.54, 1.807) is 13.8 Å². The fourth-order valence-corrected chi connectivity index (χ4v) is 1.17. The van der Waals surface area contributed by atoms with Crippen molar-refractivity contribution >= 4 is 5.97 Å². The van der Waals surface area contributed by atoms with Crippen LogP contribution < -0.4 is 0 Å². The Morgan fingerprint density at radius 3 is 2.37 bits per heavy atom. The molecule has 0 aliphatic heterocycles. The highest BCUT2D eigenvalue weighted by Crippen LogP contribution is 2.04. The van der Waals surface area contributed by atoms with Crippen LogP contribution in [0.2, 0.25) is 0 Å². The smallest absolute Gasteiger partial charge is 0.333 e. The van der Waals surface area contributed by atoms with Gasteiger partial charge in [-0.25, -0.2) is 4.79 Å². The zero-order valence-corrected chi connectivity index (χ0v) is 12.2. The standard InChI is InChI=1S/C14H24O5/c1-7-17-13(18-11(4)5)9-16-8-12(6)19-14(15)10(2)3/h7,11-13H,1-2,8-9H2,3-6H3. The van der Waals surface area contributed by atoms with Gasteiger partial charge in [-0.3, -0.25) is 0 Å². The Labute approximate surface area is 115 Å². The Balaban J connectivity index is 3.94. The van der Waals surface area contributed by atoms with Crippen LogP contribution in [0.15, 0.2) is 25.0 Å². The fraction of sp³-hybridized carbons (Fsp3) is 0.643. The second-order valence-electron chi connectivity index (χ2n) is 4.45. The van der Waals surface area contributed by atoms with Gasteiger partial charge in [0, 0.05) is 5.57 Å². The maximum atomic E-state index is 11.3. The van der Waals surface area contributed by atoms with Gasteiger partial charge in [-0.2, -0.15) is 0 Å². The van der Waals surface area contributed by atoms with Crippen LogP contribution in [0.3, 0.4) is 0 Å². The number of rotatable bonds is 10. The molecular weight excluding hydrogens is 248 g/mol. The Morgan fingerprint density at radius 2 is 1.89 bits per heavy atom. The summed E-state index contributed by atoms with van der Waals surface area (Å²) in [5.41, 5.74) is 0.364. The predicted octanol–water partition coefficient (Wildman–Crippen LogP) is 2.42. The van der Waals surface area contributed by atoms with Crippen molar-refractivity contribution in [3.05, 3.63) is 25.0 Å². The van der Waals surface area contributed by atoms with E-state index in [2.05, 4.69) is 13.2 Å². The molecule has 0 bridgehead atoms. The highest BCUT2D eigenvalue weighted by atomic mass is 16.7. The second kappa shape index (κ2) is 9.58. The molecule has 0 saturated heterocycles. The lowest BCUT2D eigenvalue weighted by atomic mass is 10.3. The van der Waals surface area contributed by atoms with Crippen molar-refractivity contribution in [3.63, 3.8) is 0 Å². The van der Waals surface area contributed by atoms with E-state index in [-0.39, 0.29) is 25.4 Å². The third-order valence-corrected chi connectivity index (χ3v) is 1.94. The second-order valence-corrected chi connectivity index (χ2v) is 4.45. The van der Waals surface area contributed by atoms with E-state index in [4.69, 9.17) is 18.9 Å². The summed E-state index contributed by atoms with van der Waals surface area (Å²) >= 11 is 0. The van der Waals surface area contributed by atoms with Crippen LogP contribution >= 0.6 is 0 Å². The Bertz CT molecular complexity index is 298. The minimum atomic E-state index is -0.512. The van der Waals surface area contributed by atoms with Crippen molar-refractivity contribution in [3.8, 4) is 0 Å². The molecule has 0 aliphatic rings. The first kappa shape index (κ1) is 17.7. The highest BCUT2D eigenvalue weighted by molar-refractivity contribution is 5.87. The summed E-state index contributed by atoms with van der Waals surface area (Å²) in [6.07, 6.45) is 0.461. The van der Waals surface area contributed by atoms with Gasteiger partial charge in [0.05, 0.1) is 19.0 Å². The summed E-state index contributed by atoms with van der Waals surface area (Å²) in [7, 11) is 0. The molecular formula is C14H24O5. The topological polar surface area (TPSA) is 54.0 Å². The summed E-state index contributed by atoms with van der Waals surface area (Å²) in [6, 6.07) is 0. The SMILES string of the molecule is C=COC(COCC(C)OC(=O)C(=C)C)OC(C)C. The molecule has 0 saturated carbocycles. The van der Waals surface area contributed by atoms with Crippen LogP contribution in [0.1, 0.15) is 27.7 Å². The lowest BCUT2D eigenvalue weighted by molar-refractivity contribution is -0.170. The number of hydrogen-bond donors (Lipinski definition) is 0. The number of hydrogen-bond acceptors (Lipinski definition) is 5. The molecule has 5 heteroatoms. The van der Waals surface area contributed by atoms with Gasteiger partial charge in [0.2, 0.25) is 6.29 Å². The summed E-state index contributed by atoms with van der Waals surface area (Å²) in [5, 5.41) is 0. The molecule has 2 atom stereocenters. The number of ether oxygens (including phenoxy) is 4. The van der Waals surface area contributed by atoms with E-state index in [0.717, 1.165) is 0 Å². The fourth-order valence-electron chi connectivity index (χ4n) is 1.17. The van der Waals surface area contributed by atoms with Crippen molar-refractivity contribution < 1.29 is 23.7 Å². The van der Waals surface area contributed by atoms with Crippen LogP contribution in [-0.2, 0) is 23.7 Å². The molecule has 2 unspecified atom stereocenters. The lowest BCUT2D eigenvalue weighted by Crippen LogP contribution is -2.28. The molecule has 0 rings (SSSR count). The average molecular weight is 272 g/mol. The number of carbonyl (C=O) groups excluding carboxylic acids is 1. The van der Waals surface area contributed by atoms with Crippen molar-refractivity contribution in [2.45, 2.75) is 46.2 Å². The largest absolute Gasteiger partial charge is 0.471 e. The maximum Gasteiger partial charge on any atom is 0.333 e. The Hall–Kier alpha value is -1.33. The van der Waals surface area contributed by atoms with E-state index >= 15 is 0 Å². The third-order valence-electron chi connectivity index (χ3n) is 1.94.